The second kappa shape index (κ2) is 5.96. The first-order chi connectivity index (χ1) is 9.58. The van der Waals surface area contributed by atoms with Crippen molar-refractivity contribution in [3.63, 3.8) is 0 Å². The van der Waals surface area contributed by atoms with Gasteiger partial charge in [0.2, 0.25) is 5.91 Å². The summed E-state index contributed by atoms with van der Waals surface area (Å²) in [5, 5.41) is 11.2. The Morgan fingerprint density at radius 2 is 2.10 bits per heavy atom. The predicted molar refractivity (Wildman–Crippen MR) is 71.6 cm³/mol. The molecule has 0 unspecified atom stereocenters. The van der Waals surface area contributed by atoms with E-state index in [2.05, 4.69) is 15.3 Å². The summed E-state index contributed by atoms with van der Waals surface area (Å²) in [6.45, 7) is 1.82. The molecule has 2 aromatic heterocycles. The molecule has 0 aliphatic carbocycles. The van der Waals surface area contributed by atoms with Crippen molar-refractivity contribution in [1.29, 1.82) is 0 Å². The molecule has 0 aliphatic heterocycles. The highest BCUT2D eigenvalue weighted by molar-refractivity contribution is 5.93. The Balaban J connectivity index is 2.19. The van der Waals surface area contributed by atoms with Gasteiger partial charge in [-0.1, -0.05) is 0 Å². The molecule has 0 radical (unpaired) electrons. The fraction of sp³-hybridized carbons (Fsp3) is 0.231. The molecule has 1 amide bonds. The van der Waals surface area contributed by atoms with E-state index >= 15 is 0 Å². The molecule has 2 N–H and O–H groups in total. The number of hydrogen-bond acceptors (Lipinski definition) is 4. The van der Waals surface area contributed by atoms with E-state index in [1.807, 2.05) is 6.92 Å². The number of rotatable bonds is 5. The summed E-state index contributed by atoms with van der Waals surface area (Å²) in [5.74, 6) is -0.0765. The SMILES string of the molecule is Cc1nccn1-c1ncccc1NC(=O)CCC(=O)O. The number of amides is 1. The van der Waals surface area contributed by atoms with Crippen molar-refractivity contribution in [3.8, 4) is 5.82 Å². The first-order valence-corrected chi connectivity index (χ1v) is 6.05. The van der Waals surface area contributed by atoms with Crippen molar-refractivity contribution >= 4 is 17.6 Å². The van der Waals surface area contributed by atoms with Gasteiger partial charge in [0.15, 0.2) is 5.82 Å². The number of nitrogens with one attached hydrogen (secondary N) is 1. The summed E-state index contributed by atoms with van der Waals surface area (Å²) in [4.78, 5) is 30.5. The maximum Gasteiger partial charge on any atom is 0.303 e. The van der Waals surface area contributed by atoms with Gasteiger partial charge in [0.05, 0.1) is 12.1 Å². The van der Waals surface area contributed by atoms with Crippen molar-refractivity contribution in [2.45, 2.75) is 19.8 Å². The highest BCUT2D eigenvalue weighted by Gasteiger charge is 2.11. The first-order valence-electron chi connectivity index (χ1n) is 6.05. The summed E-state index contributed by atoms with van der Waals surface area (Å²) in [5.41, 5.74) is 0.518. The monoisotopic (exact) mass is 274 g/mol. The van der Waals surface area contributed by atoms with Gasteiger partial charge in [0.1, 0.15) is 5.82 Å². The van der Waals surface area contributed by atoms with Crippen LogP contribution < -0.4 is 5.32 Å². The number of carboxylic acid groups (broad SMARTS) is 1. The Bertz CT molecular complexity index is 636. The average Bonchev–Trinajstić information content (AvgIpc) is 2.83. The normalized spacial score (nSPS) is 10.2. The molecule has 0 saturated carbocycles. The largest absolute Gasteiger partial charge is 0.481 e. The quantitative estimate of drug-likeness (QED) is 0.858. The summed E-state index contributed by atoms with van der Waals surface area (Å²) >= 11 is 0. The van der Waals surface area contributed by atoms with Gasteiger partial charge >= 0.3 is 5.97 Å². The van der Waals surface area contributed by atoms with E-state index < -0.39 is 5.97 Å². The molecule has 2 heterocycles. The second-order valence-electron chi connectivity index (χ2n) is 4.16. The van der Waals surface area contributed by atoms with Crippen LogP contribution in [0.15, 0.2) is 30.7 Å². The number of hydrogen-bond donors (Lipinski definition) is 2. The van der Waals surface area contributed by atoms with Gasteiger partial charge in [-0.25, -0.2) is 9.97 Å². The molecule has 0 fully saturated rings. The zero-order valence-corrected chi connectivity index (χ0v) is 10.9. The lowest BCUT2D eigenvalue weighted by atomic mass is 10.3. The molecule has 7 heteroatoms. The molecule has 2 rings (SSSR count). The van der Waals surface area contributed by atoms with E-state index in [0.29, 0.717) is 11.5 Å². The Morgan fingerprint density at radius 3 is 2.75 bits per heavy atom. The fourth-order valence-electron chi connectivity index (χ4n) is 1.72. The first kappa shape index (κ1) is 13.7. The van der Waals surface area contributed by atoms with Crippen LogP contribution in [0.4, 0.5) is 5.69 Å². The van der Waals surface area contributed by atoms with Gasteiger partial charge < -0.3 is 10.4 Å². The number of anilines is 1. The molecule has 104 valence electrons. The lowest BCUT2D eigenvalue weighted by Gasteiger charge is -2.11. The van der Waals surface area contributed by atoms with Crippen LogP contribution in [0.1, 0.15) is 18.7 Å². The van der Waals surface area contributed by atoms with Gasteiger partial charge in [-0.2, -0.15) is 0 Å². The summed E-state index contributed by atoms with van der Waals surface area (Å²) in [7, 11) is 0. The number of aromatic nitrogens is 3. The minimum atomic E-state index is -1.00. The summed E-state index contributed by atoms with van der Waals surface area (Å²) in [6, 6.07) is 3.41. The molecule has 0 spiro atoms. The van der Waals surface area contributed by atoms with E-state index in [1.54, 1.807) is 35.3 Å². The zero-order valence-electron chi connectivity index (χ0n) is 10.9. The number of carbonyl (C=O) groups excluding carboxylic acids is 1. The molecular formula is C13H14N4O3. The average molecular weight is 274 g/mol. The van der Waals surface area contributed by atoms with Crippen LogP contribution in [0, 0.1) is 6.92 Å². The van der Waals surface area contributed by atoms with Crippen molar-refractivity contribution in [3.05, 3.63) is 36.5 Å². The Labute approximate surface area is 115 Å². The molecule has 0 bridgehead atoms. The second-order valence-corrected chi connectivity index (χ2v) is 4.16. The maximum absolute atomic E-state index is 11.7. The Hall–Kier alpha value is -2.70. The zero-order chi connectivity index (χ0) is 14.5. The molecule has 0 aromatic carbocycles. The van der Waals surface area contributed by atoms with Gasteiger partial charge in [-0.15, -0.1) is 0 Å². The fourth-order valence-corrected chi connectivity index (χ4v) is 1.72. The minimum Gasteiger partial charge on any atom is -0.481 e. The van der Waals surface area contributed by atoms with Gasteiger partial charge in [0.25, 0.3) is 0 Å². The maximum atomic E-state index is 11.7. The number of aryl methyl sites for hydroxylation is 1. The predicted octanol–water partition coefficient (Wildman–Crippen LogP) is 1.38. The highest BCUT2D eigenvalue weighted by Crippen LogP contribution is 2.18. The standard InChI is InChI=1S/C13H14N4O3/c1-9-14-7-8-17(9)13-10(3-2-6-15-13)16-11(18)4-5-12(19)20/h2-3,6-8H,4-5H2,1H3,(H,16,18)(H,19,20). The van der Waals surface area contributed by atoms with E-state index in [1.165, 1.54) is 0 Å². The topological polar surface area (TPSA) is 97.1 Å². The van der Waals surface area contributed by atoms with Crippen LogP contribution in [0.2, 0.25) is 0 Å². The van der Waals surface area contributed by atoms with Crippen LogP contribution in [0.25, 0.3) is 5.82 Å². The summed E-state index contributed by atoms with van der Waals surface area (Å²) < 4.78 is 1.74. The van der Waals surface area contributed by atoms with Crippen molar-refractivity contribution in [2.24, 2.45) is 0 Å². The van der Waals surface area contributed by atoms with Gasteiger partial charge in [-0.05, 0) is 19.1 Å². The summed E-state index contributed by atoms with van der Waals surface area (Å²) in [6.07, 6.45) is 4.71. The third kappa shape index (κ3) is 3.19. The number of nitrogens with zero attached hydrogens (tertiary/aromatic N) is 3. The van der Waals surface area contributed by atoms with Crippen molar-refractivity contribution in [2.75, 3.05) is 5.32 Å². The van der Waals surface area contributed by atoms with E-state index in [0.717, 1.165) is 5.82 Å². The molecule has 0 atom stereocenters. The third-order valence-electron chi connectivity index (χ3n) is 2.68. The molecular weight excluding hydrogens is 260 g/mol. The van der Waals surface area contributed by atoms with Crippen molar-refractivity contribution in [1.82, 2.24) is 14.5 Å². The number of pyridine rings is 1. The van der Waals surface area contributed by atoms with Crippen LogP contribution >= 0.6 is 0 Å². The lowest BCUT2D eigenvalue weighted by Crippen LogP contribution is -2.15. The molecule has 7 nitrogen and oxygen atoms in total. The Kier molecular flexibility index (Phi) is 4.09. The molecule has 0 saturated heterocycles. The lowest BCUT2D eigenvalue weighted by molar-refractivity contribution is -0.138. The van der Waals surface area contributed by atoms with E-state index in [4.69, 9.17) is 5.11 Å². The van der Waals surface area contributed by atoms with E-state index in [9.17, 15) is 9.59 Å². The van der Waals surface area contributed by atoms with Crippen LogP contribution in [-0.2, 0) is 9.59 Å². The third-order valence-corrected chi connectivity index (χ3v) is 2.68. The Morgan fingerprint density at radius 1 is 1.30 bits per heavy atom. The van der Waals surface area contributed by atoms with E-state index in [-0.39, 0.29) is 18.7 Å². The van der Waals surface area contributed by atoms with Crippen molar-refractivity contribution < 1.29 is 14.7 Å². The van der Waals surface area contributed by atoms with Gasteiger partial charge in [0, 0.05) is 25.0 Å². The number of aliphatic carboxylic acids is 1. The molecule has 0 aliphatic rings. The molecule has 2 aromatic rings. The van der Waals surface area contributed by atoms with Crippen LogP contribution in [0.3, 0.4) is 0 Å². The minimum absolute atomic E-state index is 0.0768. The number of imidazole rings is 1. The van der Waals surface area contributed by atoms with Crippen LogP contribution in [0.5, 0.6) is 0 Å². The number of carbonyl (C=O) groups is 2. The number of carboxylic acids is 1. The molecule has 20 heavy (non-hydrogen) atoms. The smallest absolute Gasteiger partial charge is 0.303 e. The van der Waals surface area contributed by atoms with Gasteiger partial charge in [-0.3, -0.25) is 14.2 Å². The highest BCUT2D eigenvalue weighted by atomic mass is 16.4. The van der Waals surface area contributed by atoms with Crippen LogP contribution in [-0.4, -0.2) is 31.5 Å².